The lowest BCUT2D eigenvalue weighted by Crippen LogP contribution is -2.47. The standard InChI is InChI=1S/C17H28N2/c1-14(2)13-18-8-10-19(11-9-18)17-7-5-6-16(12-17)15(3)4/h5-7,12,14-15H,8-11,13H2,1-4H3. The second kappa shape index (κ2) is 6.42. The normalized spacial score (nSPS) is 17.5. The lowest BCUT2D eigenvalue weighted by Gasteiger charge is -2.37. The summed E-state index contributed by atoms with van der Waals surface area (Å²) in [6.45, 7) is 15.1. The van der Waals surface area contributed by atoms with E-state index in [4.69, 9.17) is 0 Å². The third-order valence-corrected chi connectivity index (χ3v) is 3.90. The van der Waals surface area contributed by atoms with Gasteiger partial charge >= 0.3 is 0 Å². The zero-order valence-electron chi connectivity index (χ0n) is 12.9. The molecule has 1 aliphatic heterocycles. The maximum atomic E-state index is 2.59. The van der Waals surface area contributed by atoms with Crippen LogP contribution in [-0.4, -0.2) is 37.6 Å². The average Bonchev–Trinajstić information content (AvgIpc) is 2.39. The molecule has 1 aromatic rings. The van der Waals surface area contributed by atoms with Crippen LogP contribution in [0.25, 0.3) is 0 Å². The van der Waals surface area contributed by atoms with Crippen LogP contribution in [0.3, 0.4) is 0 Å². The van der Waals surface area contributed by atoms with Gasteiger partial charge in [-0.2, -0.15) is 0 Å². The minimum Gasteiger partial charge on any atom is -0.369 e. The number of hydrogen-bond donors (Lipinski definition) is 0. The van der Waals surface area contributed by atoms with Crippen LogP contribution in [0.5, 0.6) is 0 Å². The molecule has 0 unspecified atom stereocenters. The summed E-state index contributed by atoms with van der Waals surface area (Å²) in [7, 11) is 0. The van der Waals surface area contributed by atoms with Gasteiger partial charge in [0.15, 0.2) is 0 Å². The summed E-state index contributed by atoms with van der Waals surface area (Å²) in [5.74, 6) is 1.39. The topological polar surface area (TPSA) is 6.48 Å². The van der Waals surface area contributed by atoms with Crippen molar-refractivity contribution in [1.29, 1.82) is 0 Å². The first-order chi connectivity index (χ1) is 9.06. The van der Waals surface area contributed by atoms with Gasteiger partial charge in [-0.1, -0.05) is 39.8 Å². The first kappa shape index (κ1) is 14.4. The number of benzene rings is 1. The fourth-order valence-corrected chi connectivity index (χ4v) is 2.79. The van der Waals surface area contributed by atoms with Gasteiger partial charge < -0.3 is 4.90 Å². The number of piperazine rings is 1. The van der Waals surface area contributed by atoms with Crippen LogP contribution < -0.4 is 4.90 Å². The molecule has 2 rings (SSSR count). The molecule has 19 heavy (non-hydrogen) atoms. The highest BCUT2D eigenvalue weighted by Gasteiger charge is 2.17. The number of anilines is 1. The highest BCUT2D eigenvalue weighted by atomic mass is 15.3. The Morgan fingerprint density at radius 3 is 2.26 bits per heavy atom. The van der Waals surface area contributed by atoms with E-state index >= 15 is 0 Å². The fraction of sp³-hybridized carbons (Fsp3) is 0.647. The molecule has 0 N–H and O–H groups in total. The largest absolute Gasteiger partial charge is 0.369 e. The molecule has 2 heteroatoms. The van der Waals surface area contributed by atoms with Crippen molar-refractivity contribution in [3.63, 3.8) is 0 Å². The van der Waals surface area contributed by atoms with Crippen molar-refractivity contribution < 1.29 is 0 Å². The van der Waals surface area contributed by atoms with Gasteiger partial charge in [-0.3, -0.25) is 4.90 Å². The van der Waals surface area contributed by atoms with Crippen molar-refractivity contribution in [2.75, 3.05) is 37.6 Å². The molecule has 1 heterocycles. The van der Waals surface area contributed by atoms with Crippen LogP contribution in [0.4, 0.5) is 5.69 Å². The summed E-state index contributed by atoms with van der Waals surface area (Å²) in [6, 6.07) is 9.06. The van der Waals surface area contributed by atoms with E-state index in [-0.39, 0.29) is 0 Å². The lowest BCUT2D eigenvalue weighted by atomic mass is 10.0. The second-order valence-electron chi connectivity index (χ2n) is 6.43. The van der Waals surface area contributed by atoms with Crippen LogP contribution in [0.15, 0.2) is 24.3 Å². The third kappa shape index (κ3) is 3.97. The van der Waals surface area contributed by atoms with Crippen molar-refractivity contribution in [2.24, 2.45) is 5.92 Å². The summed E-state index contributed by atoms with van der Waals surface area (Å²) in [5, 5.41) is 0. The zero-order valence-corrected chi connectivity index (χ0v) is 12.9. The van der Waals surface area contributed by atoms with Crippen LogP contribution in [-0.2, 0) is 0 Å². The van der Waals surface area contributed by atoms with Crippen LogP contribution in [0.2, 0.25) is 0 Å². The molecule has 1 saturated heterocycles. The van der Waals surface area contributed by atoms with E-state index in [2.05, 4.69) is 61.8 Å². The van der Waals surface area contributed by atoms with Gasteiger partial charge in [0.25, 0.3) is 0 Å². The van der Waals surface area contributed by atoms with Gasteiger partial charge in [0, 0.05) is 38.4 Å². The molecule has 0 saturated carbocycles. The Morgan fingerprint density at radius 1 is 1.00 bits per heavy atom. The number of hydrogen-bond acceptors (Lipinski definition) is 2. The number of rotatable bonds is 4. The molecule has 0 amide bonds. The first-order valence-corrected chi connectivity index (χ1v) is 7.63. The maximum absolute atomic E-state index is 2.59. The fourth-order valence-electron chi connectivity index (χ4n) is 2.79. The number of nitrogens with zero attached hydrogens (tertiary/aromatic N) is 2. The Balaban J connectivity index is 1.96. The maximum Gasteiger partial charge on any atom is 0.0369 e. The van der Waals surface area contributed by atoms with Crippen LogP contribution >= 0.6 is 0 Å². The molecule has 0 radical (unpaired) electrons. The van der Waals surface area contributed by atoms with Gasteiger partial charge in [0.2, 0.25) is 0 Å². The van der Waals surface area contributed by atoms with E-state index in [1.807, 2.05) is 0 Å². The minimum atomic E-state index is 0.613. The summed E-state index contributed by atoms with van der Waals surface area (Å²) < 4.78 is 0. The molecule has 0 spiro atoms. The van der Waals surface area contributed by atoms with Crippen molar-refractivity contribution in [2.45, 2.75) is 33.6 Å². The lowest BCUT2D eigenvalue weighted by molar-refractivity contribution is 0.231. The van der Waals surface area contributed by atoms with Crippen molar-refractivity contribution in [3.05, 3.63) is 29.8 Å². The van der Waals surface area contributed by atoms with E-state index in [0.29, 0.717) is 5.92 Å². The van der Waals surface area contributed by atoms with E-state index < -0.39 is 0 Å². The monoisotopic (exact) mass is 260 g/mol. The van der Waals surface area contributed by atoms with Gasteiger partial charge in [0.1, 0.15) is 0 Å². The van der Waals surface area contributed by atoms with Gasteiger partial charge in [-0.05, 0) is 29.5 Å². The Labute approximate surface area is 118 Å². The summed E-state index contributed by atoms with van der Waals surface area (Å²) in [6.07, 6.45) is 0. The second-order valence-corrected chi connectivity index (χ2v) is 6.43. The molecule has 1 aromatic carbocycles. The molecule has 0 atom stereocenters. The van der Waals surface area contributed by atoms with Crippen LogP contribution in [0, 0.1) is 5.92 Å². The highest BCUT2D eigenvalue weighted by molar-refractivity contribution is 5.49. The molecule has 1 aliphatic rings. The van der Waals surface area contributed by atoms with Crippen LogP contribution in [0.1, 0.15) is 39.2 Å². The Kier molecular flexibility index (Phi) is 4.87. The van der Waals surface area contributed by atoms with E-state index in [1.54, 1.807) is 0 Å². The van der Waals surface area contributed by atoms with E-state index in [1.165, 1.54) is 30.9 Å². The quantitative estimate of drug-likeness (QED) is 0.816. The Hall–Kier alpha value is -1.02. The average molecular weight is 260 g/mol. The molecule has 1 fully saturated rings. The minimum absolute atomic E-state index is 0.613. The Morgan fingerprint density at radius 2 is 1.68 bits per heavy atom. The van der Waals surface area contributed by atoms with Gasteiger partial charge in [-0.15, -0.1) is 0 Å². The smallest absolute Gasteiger partial charge is 0.0369 e. The van der Waals surface area contributed by atoms with Crippen molar-refractivity contribution in [3.8, 4) is 0 Å². The summed E-state index contributed by atoms with van der Waals surface area (Å²) in [4.78, 5) is 5.12. The van der Waals surface area contributed by atoms with Gasteiger partial charge in [0.05, 0.1) is 0 Å². The van der Waals surface area contributed by atoms with Gasteiger partial charge in [-0.25, -0.2) is 0 Å². The van der Waals surface area contributed by atoms with Crippen molar-refractivity contribution in [1.82, 2.24) is 4.90 Å². The molecular formula is C17H28N2. The molecular weight excluding hydrogens is 232 g/mol. The highest BCUT2D eigenvalue weighted by Crippen LogP contribution is 2.22. The SMILES string of the molecule is CC(C)CN1CCN(c2cccc(C(C)C)c2)CC1. The molecule has 0 aromatic heterocycles. The summed E-state index contributed by atoms with van der Waals surface area (Å²) in [5.41, 5.74) is 2.84. The predicted octanol–water partition coefficient (Wildman–Crippen LogP) is 3.59. The summed E-state index contributed by atoms with van der Waals surface area (Å²) >= 11 is 0. The molecule has 0 aliphatic carbocycles. The zero-order chi connectivity index (χ0) is 13.8. The van der Waals surface area contributed by atoms with Crippen molar-refractivity contribution >= 4 is 5.69 Å². The van der Waals surface area contributed by atoms with E-state index in [9.17, 15) is 0 Å². The molecule has 106 valence electrons. The third-order valence-electron chi connectivity index (χ3n) is 3.90. The predicted molar refractivity (Wildman–Crippen MR) is 84.0 cm³/mol. The van der Waals surface area contributed by atoms with E-state index in [0.717, 1.165) is 19.0 Å². The molecule has 2 nitrogen and oxygen atoms in total. The Bertz CT molecular complexity index is 390. The molecule has 0 bridgehead atoms. The first-order valence-electron chi connectivity index (χ1n) is 7.63.